The Kier molecular flexibility index (Phi) is 9.56. The van der Waals surface area contributed by atoms with Crippen LogP contribution < -0.4 is 5.32 Å². The number of hydrogen-bond donors (Lipinski definition) is 1. The molecule has 2 aromatic heterocycles. The van der Waals surface area contributed by atoms with Gasteiger partial charge < -0.3 is 10.2 Å². The number of hydrogen-bond acceptors (Lipinski definition) is 5. The molecule has 2 rings (SSSR count). The van der Waals surface area contributed by atoms with Crippen LogP contribution in [0, 0.1) is 0 Å². The number of aryl methyl sites for hydroxylation is 1. The first-order valence-corrected chi connectivity index (χ1v) is 8.97. The number of aromatic nitrogens is 3. The third-order valence-electron chi connectivity index (χ3n) is 2.99. The lowest BCUT2D eigenvalue weighted by atomic mass is 10.3. The van der Waals surface area contributed by atoms with Gasteiger partial charge in [-0.05, 0) is 6.42 Å². The Morgan fingerprint density at radius 3 is 2.96 bits per heavy atom. The Labute approximate surface area is 162 Å². The third kappa shape index (κ3) is 7.08. The Bertz CT molecular complexity index is 584. The second kappa shape index (κ2) is 10.9. The molecule has 0 aliphatic heterocycles. The van der Waals surface area contributed by atoms with E-state index in [1.807, 2.05) is 49.8 Å². The van der Waals surface area contributed by atoms with E-state index < -0.39 is 0 Å². The molecular formula is C14H23IN6S2. The highest BCUT2D eigenvalue weighted by molar-refractivity contribution is 14.0. The summed E-state index contributed by atoms with van der Waals surface area (Å²) in [6, 6.07) is 0. The molecule has 0 radical (unpaired) electrons. The van der Waals surface area contributed by atoms with Gasteiger partial charge >= 0.3 is 0 Å². The highest BCUT2D eigenvalue weighted by atomic mass is 127. The zero-order chi connectivity index (χ0) is 15.8. The largest absolute Gasteiger partial charge is 0.356 e. The van der Waals surface area contributed by atoms with E-state index in [0.717, 1.165) is 35.6 Å². The lowest BCUT2D eigenvalue weighted by molar-refractivity contribution is 0.476. The van der Waals surface area contributed by atoms with Crippen LogP contribution in [0.3, 0.4) is 0 Å². The Balaban J connectivity index is 0.00000264. The molecule has 0 saturated heterocycles. The molecule has 2 aromatic rings. The van der Waals surface area contributed by atoms with Crippen molar-refractivity contribution >= 4 is 53.0 Å². The Morgan fingerprint density at radius 1 is 1.52 bits per heavy atom. The summed E-state index contributed by atoms with van der Waals surface area (Å²) in [7, 11) is 5.77. The van der Waals surface area contributed by atoms with E-state index in [0.29, 0.717) is 0 Å². The van der Waals surface area contributed by atoms with Crippen LogP contribution in [-0.2, 0) is 13.6 Å². The minimum atomic E-state index is 0. The predicted molar refractivity (Wildman–Crippen MR) is 109 cm³/mol. The second-order valence-electron chi connectivity index (χ2n) is 4.85. The van der Waals surface area contributed by atoms with Crippen LogP contribution in [0.25, 0.3) is 0 Å². The number of nitrogens with one attached hydrogen (secondary N) is 1. The molecule has 128 valence electrons. The van der Waals surface area contributed by atoms with Gasteiger partial charge in [0.25, 0.3) is 0 Å². The summed E-state index contributed by atoms with van der Waals surface area (Å²) in [6.07, 6.45) is 6.83. The molecule has 6 nitrogen and oxygen atoms in total. The average Bonchev–Trinajstić information content (AvgIpc) is 3.14. The van der Waals surface area contributed by atoms with Crippen molar-refractivity contribution in [2.75, 3.05) is 26.4 Å². The van der Waals surface area contributed by atoms with E-state index in [9.17, 15) is 0 Å². The lowest BCUT2D eigenvalue weighted by Gasteiger charge is -2.21. The quantitative estimate of drug-likeness (QED) is 0.224. The third-order valence-corrected chi connectivity index (χ3v) is 5.04. The maximum atomic E-state index is 4.33. The first-order chi connectivity index (χ1) is 10.7. The number of thiazole rings is 1. The van der Waals surface area contributed by atoms with Gasteiger partial charge in [-0.25, -0.2) is 4.98 Å². The van der Waals surface area contributed by atoms with E-state index in [1.54, 1.807) is 23.1 Å². The molecule has 23 heavy (non-hydrogen) atoms. The van der Waals surface area contributed by atoms with Crippen molar-refractivity contribution in [2.45, 2.75) is 17.3 Å². The van der Waals surface area contributed by atoms with Gasteiger partial charge in [-0.2, -0.15) is 5.10 Å². The molecular weight excluding hydrogens is 443 g/mol. The predicted octanol–water partition coefficient (Wildman–Crippen LogP) is 2.68. The van der Waals surface area contributed by atoms with Crippen molar-refractivity contribution in [1.82, 2.24) is 25.0 Å². The van der Waals surface area contributed by atoms with Crippen molar-refractivity contribution in [3.05, 3.63) is 29.5 Å². The molecule has 0 fully saturated rings. The molecule has 0 unspecified atom stereocenters. The molecule has 1 N–H and O–H groups in total. The van der Waals surface area contributed by atoms with Crippen LogP contribution in [0.4, 0.5) is 0 Å². The summed E-state index contributed by atoms with van der Waals surface area (Å²) in [6.45, 7) is 1.70. The van der Waals surface area contributed by atoms with Gasteiger partial charge in [-0.3, -0.25) is 9.67 Å². The highest BCUT2D eigenvalue weighted by Crippen LogP contribution is 2.20. The zero-order valence-electron chi connectivity index (χ0n) is 13.6. The summed E-state index contributed by atoms with van der Waals surface area (Å²) in [5.41, 5.74) is 1.17. The van der Waals surface area contributed by atoms with Crippen LogP contribution in [0.2, 0.25) is 0 Å². The van der Waals surface area contributed by atoms with Crippen molar-refractivity contribution in [3.8, 4) is 0 Å². The number of aliphatic imine (C=N–C) groups is 1. The molecule has 9 heteroatoms. The molecule has 0 aliphatic rings. The lowest BCUT2D eigenvalue weighted by Crippen LogP contribution is -2.38. The summed E-state index contributed by atoms with van der Waals surface area (Å²) in [5, 5.41) is 9.59. The smallest absolute Gasteiger partial charge is 0.193 e. The first kappa shape index (κ1) is 20.2. The Hall–Kier alpha value is -0.810. The first-order valence-electron chi connectivity index (χ1n) is 7.10. The van der Waals surface area contributed by atoms with Crippen LogP contribution >= 0.6 is 47.1 Å². The summed E-state index contributed by atoms with van der Waals surface area (Å²) >= 11 is 3.49. The second-order valence-corrected chi connectivity index (χ2v) is 7.09. The number of thioether (sulfide) groups is 1. The van der Waals surface area contributed by atoms with Gasteiger partial charge in [0.05, 0.1) is 6.20 Å². The summed E-state index contributed by atoms with van der Waals surface area (Å²) < 4.78 is 2.95. The van der Waals surface area contributed by atoms with Gasteiger partial charge in [0.15, 0.2) is 5.96 Å². The van der Waals surface area contributed by atoms with Crippen LogP contribution in [-0.4, -0.2) is 52.0 Å². The molecule has 0 atom stereocenters. The van der Waals surface area contributed by atoms with Crippen molar-refractivity contribution in [1.29, 1.82) is 0 Å². The fourth-order valence-electron chi connectivity index (χ4n) is 2.00. The van der Waals surface area contributed by atoms with Crippen LogP contribution in [0.5, 0.6) is 0 Å². The monoisotopic (exact) mass is 466 g/mol. The van der Waals surface area contributed by atoms with E-state index in [-0.39, 0.29) is 24.0 Å². The van der Waals surface area contributed by atoms with Gasteiger partial charge in [-0.15, -0.1) is 35.3 Å². The maximum absolute atomic E-state index is 4.33. The van der Waals surface area contributed by atoms with Crippen LogP contribution in [0.1, 0.15) is 12.0 Å². The fourth-order valence-corrected chi connectivity index (χ4v) is 3.65. The molecule has 0 aromatic carbocycles. The van der Waals surface area contributed by atoms with Crippen molar-refractivity contribution in [2.24, 2.45) is 12.0 Å². The topological polar surface area (TPSA) is 58.3 Å². The molecule has 0 saturated carbocycles. The van der Waals surface area contributed by atoms with E-state index in [2.05, 4.69) is 25.3 Å². The Morgan fingerprint density at radius 2 is 2.35 bits per heavy atom. The molecule has 0 bridgehead atoms. The van der Waals surface area contributed by atoms with E-state index >= 15 is 0 Å². The summed E-state index contributed by atoms with van der Waals surface area (Å²) in [4.78, 5) is 10.7. The number of halogens is 1. The fraction of sp³-hybridized carbons (Fsp3) is 0.500. The minimum Gasteiger partial charge on any atom is -0.356 e. The van der Waals surface area contributed by atoms with Gasteiger partial charge in [0.2, 0.25) is 0 Å². The van der Waals surface area contributed by atoms with E-state index in [4.69, 9.17) is 0 Å². The average molecular weight is 466 g/mol. The zero-order valence-corrected chi connectivity index (χ0v) is 17.6. The standard InChI is InChI=1S/C14H22N6S2.HI/c1-15-13(19(2)10-12-9-18-20(3)11-12)16-5-4-7-21-14-17-6-8-22-14;/h6,8-9,11H,4-5,7,10H2,1-3H3,(H,15,16);1H. The van der Waals surface area contributed by atoms with E-state index in [1.165, 1.54) is 5.56 Å². The minimum absolute atomic E-state index is 0. The molecule has 0 aliphatic carbocycles. The van der Waals surface area contributed by atoms with Crippen molar-refractivity contribution < 1.29 is 0 Å². The number of rotatable bonds is 7. The summed E-state index contributed by atoms with van der Waals surface area (Å²) in [5.74, 6) is 1.97. The highest BCUT2D eigenvalue weighted by Gasteiger charge is 2.07. The molecule has 0 spiro atoms. The van der Waals surface area contributed by atoms with Crippen LogP contribution in [0.15, 0.2) is 33.3 Å². The van der Waals surface area contributed by atoms with Gasteiger partial charge in [0.1, 0.15) is 4.34 Å². The maximum Gasteiger partial charge on any atom is 0.193 e. The number of nitrogens with zero attached hydrogens (tertiary/aromatic N) is 5. The molecule has 2 heterocycles. The normalized spacial score (nSPS) is 11.2. The number of guanidine groups is 1. The van der Waals surface area contributed by atoms with Gasteiger partial charge in [0, 0.05) is 63.3 Å². The molecule has 0 amide bonds. The SMILES string of the molecule is CN=C(NCCCSc1nccs1)N(C)Cc1cnn(C)c1.I. The van der Waals surface area contributed by atoms with Gasteiger partial charge in [-0.1, -0.05) is 11.8 Å². The van der Waals surface area contributed by atoms with Crippen molar-refractivity contribution in [3.63, 3.8) is 0 Å².